The van der Waals surface area contributed by atoms with Crippen LogP contribution in [0.3, 0.4) is 0 Å². The Bertz CT molecular complexity index is 387. The summed E-state index contributed by atoms with van der Waals surface area (Å²) in [5, 5.41) is 12.0. The van der Waals surface area contributed by atoms with E-state index in [2.05, 4.69) is 5.32 Å². The summed E-state index contributed by atoms with van der Waals surface area (Å²) in [6.07, 6.45) is 0.893. The zero-order valence-electron chi connectivity index (χ0n) is 10.5. The number of ether oxygens (including phenoxy) is 1. The summed E-state index contributed by atoms with van der Waals surface area (Å²) < 4.78 is 5.52. The number of hydrogen-bond donors (Lipinski definition) is 2. The molecule has 4 nitrogen and oxygen atoms in total. The molecule has 0 radical (unpaired) electrons. The summed E-state index contributed by atoms with van der Waals surface area (Å²) in [6, 6.07) is 9.29. The van der Waals surface area contributed by atoms with Crippen LogP contribution in [0.15, 0.2) is 30.3 Å². The predicted molar refractivity (Wildman–Crippen MR) is 68.3 cm³/mol. The maximum atomic E-state index is 11.8. The van der Waals surface area contributed by atoms with E-state index in [1.807, 2.05) is 30.3 Å². The first-order chi connectivity index (χ1) is 8.65. The minimum Gasteiger partial charge on any atom is -0.481 e. The lowest BCUT2D eigenvalue weighted by atomic mass is 9.82. The molecule has 1 aliphatic rings. The molecule has 0 aromatic heterocycles. The third-order valence-electron chi connectivity index (χ3n) is 3.20. The molecule has 0 saturated heterocycles. The molecular formula is C14H19NO3. The minimum absolute atomic E-state index is 0.111. The predicted octanol–water partition coefficient (Wildman–Crippen LogP) is 1.34. The van der Waals surface area contributed by atoms with E-state index in [4.69, 9.17) is 9.84 Å². The van der Waals surface area contributed by atoms with E-state index in [1.54, 1.807) is 6.92 Å². The van der Waals surface area contributed by atoms with Crippen molar-refractivity contribution in [3.63, 3.8) is 0 Å². The smallest absolute Gasteiger partial charge is 0.260 e. The van der Waals surface area contributed by atoms with Gasteiger partial charge < -0.3 is 15.2 Å². The van der Waals surface area contributed by atoms with Crippen molar-refractivity contribution in [1.82, 2.24) is 5.32 Å². The molecule has 1 aromatic rings. The quantitative estimate of drug-likeness (QED) is 0.828. The highest BCUT2D eigenvalue weighted by atomic mass is 16.5. The van der Waals surface area contributed by atoms with Crippen LogP contribution >= 0.6 is 0 Å². The molecule has 1 aliphatic carbocycles. The zero-order chi connectivity index (χ0) is 13.0. The maximum Gasteiger partial charge on any atom is 0.260 e. The highest BCUT2D eigenvalue weighted by Crippen LogP contribution is 2.26. The Labute approximate surface area is 107 Å². The Morgan fingerprint density at radius 2 is 2.11 bits per heavy atom. The maximum absolute atomic E-state index is 11.8. The summed E-state index contributed by atoms with van der Waals surface area (Å²) in [5.74, 6) is 0.993. The molecule has 0 spiro atoms. The molecule has 98 valence electrons. The van der Waals surface area contributed by atoms with Gasteiger partial charge in [0.2, 0.25) is 0 Å². The first-order valence-electron chi connectivity index (χ1n) is 6.32. The first-order valence-corrected chi connectivity index (χ1v) is 6.32. The molecule has 1 aromatic carbocycles. The van der Waals surface area contributed by atoms with E-state index in [0.717, 1.165) is 12.8 Å². The number of benzene rings is 1. The van der Waals surface area contributed by atoms with Gasteiger partial charge in [0.1, 0.15) is 5.75 Å². The SMILES string of the molecule is CC(Oc1ccccc1)C(=O)NCC1CC(O)C1. The van der Waals surface area contributed by atoms with Crippen LogP contribution in [0.5, 0.6) is 5.75 Å². The summed E-state index contributed by atoms with van der Waals surface area (Å²) in [7, 11) is 0. The minimum atomic E-state index is -0.502. The van der Waals surface area contributed by atoms with Gasteiger partial charge in [-0.1, -0.05) is 18.2 Å². The number of para-hydroxylation sites is 1. The summed E-state index contributed by atoms with van der Waals surface area (Å²) >= 11 is 0. The molecular weight excluding hydrogens is 230 g/mol. The van der Waals surface area contributed by atoms with Gasteiger partial charge in [0.15, 0.2) is 6.10 Å². The molecule has 1 amide bonds. The van der Waals surface area contributed by atoms with E-state index in [9.17, 15) is 4.79 Å². The average Bonchev–Trinajstić information content (AvgIpc) is 2.34. The Kier molecular flexibility index (Phi) is 4.20. The number of aliphatic hydroxyl groups excluding tert-OH is 1. The van der Waals surface area contributed by atoms with Gasteiger partial charge in [-0.15, -0.1) is 0 Å². The topological polar surface area (TPSA) is 58.6 Å². The lowest BCUT2D eigenvalue weighted by Crippen LogP contribution is -2.42. The standard InChI is InChI=1S/C14H19NO3/c1-10(18-13-5-3-2-4-6-13)14(17)15-9-11-7-12(16)8-11/h2-6,10-12,16H,7-9H2,1H3,(H,15,17). The Morgan fingerprint density at radius 1 is 1.44 bits per heavy atom. The average molecular weight is 249 g/mol. The van der Waals surface area contributed by atoms with Crippen LogP contribution < -0.4 is 10.1 Å². The van der Waals surface area contributed by atoms with Gasteiger partial charge in [0.05, 0.1) is 6.10 Å². The van der Waals surface area contributed by atoms with Crippen molar-refractivity contribution in [3.05, 3.63) is 30.3 Å². The lowest BCUT2D eigenvalue weighted by Gasteiger charge is -2.31. The summed E-state index contributed by atoms with van der Waals surface area (Å²) in [5.41, 5.74) is 0. The monoisotopic (exact) mass is 249 g/mol. The third kappa shape index (κ3) is 3.47. The largest absolute Gasteiger partial charge is 0.481 e. The van der Waals surface area contributed by atoms with E-state index in [0.29, 0.717) is 18.2 Å². The van der Waals surface area contributed by atoms with Crippen LogP contribution in [-0.2, 0) is 4.79 Å². The van der Waals surface area contributed by atoms with Crippen LogP contribution in [0.4, 0.5) is 0 Å². The van der Waals surface area contributed by atoms with Crippen LogP contribution in [0, 0.1) is 5.92 Å². The lowest BCUT2D eigenvalue weighted by molar-refractivity contribution is -0.127. The summed E-state index contributed by atoms with van der Waals surface area (Å²) in [6.45, 7) is 2.36. The van der Waals surface area contributed by atoms with Gasteiger partial charge >= 0.3 is 0 Å². The van der Waals surface area contributed by atoms with Crippen LogP contribution in [-0.4, -0.2) is 29.8 Å². The van der Waals surface area contributed by atoms with Crippen molar-refractivity contribution in [3.8, 4) is 5.75 Å². The Hall–Kier alpha value is -1.55. The fraction of sp³-hybridized carbons (Fsp3) is 0.500. The van der Waals surface area contributed by atoms with Crippen molar-refractivity contribution in [1.29, 1.82) is 0 Å². The second-order valence-electron chi connectivity index (χ2n) is 4.81. The van der Waals surface area contributed by atoms with Crippen molar-refractivity contribution < 1.29 is 14.6 Å². The van der Waals surface area contributed by atoms with E-state index >= 15 is 0 Å². The van der Waals surface area contributed by atoms with Gasteiger partial charge in [0.25, 0.3) is 5.91 Å². The van der Waals surface area contributed by atoms with Crippen LogP contribution in [0.25, 0.3) is 0 Å². The second-order valence-corrected chi connectivity index (χ2v) is 4.81. The molecule has 4 heteroatoms. The van der Waals surface area contributed by atoms with E-state index in [1.165, 1.54) is 0 Å². The molecule has 0 bridgehead atoms. The van der Waals surface area contributed by atoms with Gasteiger partial charge in [-0.3, -0.25) is 4.79 Å². The number of aliphatic hydroxyl groups is 1. The van der Waals surface area contributed by atoms with E-state index in [-0.39, 0.29) is 12.0 Å². The van der Waals surface area contributed by atoms with Crippen molar-refractivity contribution in [2.75, 3.05) is 6.54 Å². The van der Waals surface area contributed by atoms with Gasteiger partial charge in [0, 0.05) is 6.54 Å². The van der Waals surface area contributed by atoms with E-state index < -0.39 is 6.10 Å². The molecule has 1 atom stereocenters. The number of rotatable bonds is 5. The van der Waals surface area contributed by atoms with Gasteiger partial charge in [-0.05, 0) is 37.8 Å². The normalized spacial score (nSPS) is 23.9. The molecule has 0 heterocycles. The molecule has 18 heavy (non-hydrogen) atoms. The Morgan fingerprint density at radius 3 is 2.72 bits per heavy atom. The molecule has 2 rings (SSSR count). The molecule has 2 N–H and O–H groups in total. The third-order valence-corrected chi connectivity index (χ3v) is 3.20. The number of amides is 1. The van der Waals surface area contributed by atoms with Crippen molar-refractivity contribution in [2.24, 2.45) is 5.92 Å². The Balaban J connectivity index is 1.71. The molecule has 1 unspecified atom stereocenters. The number of carbonyl (C=O) groups is 1. The fourth-order valence-electron chi connectivity index (χ4n) is 2.01. The molecule has 1 fully saturated rings. The zero-order valence-corrected chi connectivity index (χ0v) is 10.5. The van der Waals surface area contributed by atoms with Gasteiger partial charge in [-0.25, -0.2) is 0 Å². The van der Waals surface area contributed by atoms with Crippen molar-refractivity contribution in [2.45, 2.75) is 32.0 Å². The number of hydrogen-bond acceptors (Lipinski definition) is 3. The van der Waals surface area contributed by atoms with Crippen LogP contribution in [0.1, 0.15) is 19.8 Å². The number of nitrogens with one attached hydrogen (secondary N) is 1. The highest BCUT2D eigenvalue weighted by molar-refractivity contribution is 5.80. The van der Waals surface area contributed by atoms with Crippen LogP contribution in [0.2, 0.25) is 0 Å². The summed E-state index contributed by atoms with van der Waals surface area (Å²) in [4.78, 5) is 11.8. The first kappa shape index (κ1) is 12.9. The fourth-order valence-corrected chi connectivity index (χ4v) is 2.01. The molecule has 1 saturated carbocycles. The number of carbonyl (C=O) groups excluding carboxylic acids is 1. The second kappa shape index (κ2) is 5.87. The van der Waals surface area contributed by atoms with Crippen molar-refractivity contribution >= 4 is 5.91 Å². The van der Waals surface area contributed by atoms with Gasteiger partial charge in [-0.2, -0.15) is 0 Å². The molecule has 0 aliphatic heterocycles. The highest BCUT2D eigenvalue weighted by Gasteiger charge is 2.27.